The van der Waals surface area contributed by atoms with Gasteiger partial charge in [-0.25, -0.2) is 4.98 Å². The maximum atomic E-state index is 12.8. The first-order valence-corrected chi connectivity index (χ1v) is 8.40. The molecule has 4 rings (SSSR count). The average Bonchev–Trinajstić information content (AvgIpc) is 3.05. The van der Waals surface area contributed by atoms with Gasteiger partial charge < -0.3 is 9.47 Å². The predicted molar refractivity (Wildman–Crippen MR) is 85.9 cm³/mol. The van der Waals surface area contributed by atoms with Crippen molar-refractivity contribution in [2.24, 2.45) is 13.0 Å². The van der Waals surface area contributed by atoms with Crippen LogP contribution in [0.15, 0.2) is 24.8 Å². The number of amides is 1. The standard InChI is InChI=1S/C17H23N5O/c1-12-18-5-7-22(12)14-4-3-6-21(11-14)17(23)16-8-15(16)13-9-19-20(2)10-13/h5,7,9-10,14-16H,3-4,6,8,11H2,1-2H3/t14-,15+,16+/m1/s1. The lowest BCUT2D eigenvalue weighted by molar-refractivity contribution is -0.134. The lowest BCUT2D eigenvalue weighted by Gasteiger charge is -2.34. The molecule has 1 amide bonds. The lowest BCUT2D eigenvalue weighted by atomic mass is 10.0. The van der Waals surface area contributed by atoms with Crippen LogP contribution in [0.3, 0.4) is 0 Å². The zero-order chi connectivity index (χ0) is 16.0. The number of carbonyl (C=O) groups excluding carboxylic acids is 1. The molecular formula is C17H23N5O. The van der Waals surface area contributed by atoms with Crippen LogP contribution in [0, 0.1) is 12.8 Å². The molecule has 1 saturated carbocycles. The molecule has 3 heterocycles. The smallest absolute Gasteiger partial charge is 0.226 e. The number of carbonyl (C=O) groups is 1. The van der Waals surface area contributed by atoms with Crippen LogP contribution in [0.25, 0.3) is 0 Å². The third-order valence-corrected chi connectivity index (χ3v) is 5.22. The number of nitrogens with zero attached hydrogens (tertiary/aromatic N) is 5. The number of aromatic nitrogens is 4. The van der Waals surface area contributed by atoms with Crippen molar-refractivity contribution < 1.29 is 4.79 Å². The first-order chi connectivity index (χ1) is 11.1. The fraction of sp³-hybridized carbons (Fsp3) is 0.588. The van der Waals surface area contributed by atoms with Crippen LogP contribution < -0.4 is 0 Å². The monoisotopic (exact) mass is 313 g/mol. The Morgan fingerprint density at radius 3 is 2.96 bits per heavy atom. The fourth-order valence-electron chi connectivity index (χ4n) is 3.86. The van der Waals surface area contributed by atoms with E-state index in [-0.39, 0.29) is 5.92 Å². The molecule has 2 aliphatic rings. The van der Waals surface area contributed by atoms with Gasteiger partial charge in [0, 0.05) is 44.6 Å². The number of piperidine rings is 1. The van der Waals surface area contributed by atoms with Crippen LogP contribution in [0.4, 0.5) is 0 Å². The second-order valence-corrected chi connectivity index (χ2v) is 6.86. The predicted octanol–water partition coefficient (Wildman–Crippen LogP) is 1.89. The van der Waals surface area contributed by atoms with Crippen LogP contribution in [0.1, 0.15) is 42.6 Å². The molecular weight excluding hydrogens is 290 g/mol. The summed E-state index contributed by atoms with van der Waals surface area (Å²) in [5, 5.41) is 4.22. The van der Waals surface area contributed by atoms with E-state index >= 15 is 0 Å². The minimum Gasteiger partial charge on any atom is -0.340 e. The number of aryl methyl sites for hydroxylation is 2. The highest BCUT2D eigenvalue weighted by Crippen LogP contribution is 2.48. The van der Waals surface area contributed by atoms with Crippen LogP contribution in [0.5, 0.6) is 0 Å². The molecule has 1 saturated heterocycles. The second kappa shape index (κ2) is 5.51. The Labute approximate surface area is 136 Å². The van der Waals surface area contributed by atoms with E-state index < -0.39 is 0 Å². The number of hydrogen-bond donors (Lipinski definition) is 0. The van der Waals surface area contributed by atoms with Gasteiger partial charge >= 0.3 is 0 Å². The van der Waals surface area contributed by atoms with Gasteiger partial charge in [0.05, 0.1) is 12.2 Å². The molecule has 6 nitrogen and oxygen atoms in total. The minimum absolute atomic E-state index is 0.154. The van der Waals surface area contributed by atoms with Crippen molar-refractivity contribution in [1.82, 2.24) is 24.2 Å². The summed E-state index contributed by atoms with van der Waals surface area (Å²) in [7, 11) is 1.92. The molecule has 0 unspecified atom stereocenters. The highest BCUT2D eigenvalue weighted by molar-refractivity contribution is 5.83. The van der Waals surface area contributed by atoms with Crippen molar-refractivity contribution in [3.8, 4) is 0 Å². The topological polar surface area (TPSA) is 56.0 Å². The molecule has 23 heavy (non-hydrogen) atoms. The summed E-state index contributed by atoms with van der Waals surface area (Å²) in [6, 6.07) is 0.366. The largest absolute Gasteiger partial charge is 0.340 e. The Bertz CT molecular complexity index is 718. The summed E-state index contributed by atoms with van der Waals surface area (Å²) in [5.74, 6) is 1.87. The van der Waals surface area contributed by atoms with Crippen molar-refractivity contribution in [1.29, 1.82) is 0 Å². The van der Waals surface area contributed by atoms with Gasteiger partial charge in [-0.1, -0.05) is 0 Å². The molecule has 2 fully saturated rings. The van der Waals surface area contributed by atoms with Crippen molar-refractivity contribution in [3.63, 3.8) is 0 Å². The van der Waals surface area contributed by atoms with E-state index in [2.05, 4.69) is 19.5 Å². The molecule has 0 aromatic carbocycles. The van der Waals surface area contributed by atoms with Crippen molar-refractivity contribution in [2.75, 3.05) is 13.1 Å². The van der Waals surface area contributed by atoms with Gasteiger partial charge in [-0.05, 0) is 37.7 Å². The molecule has 1 aliphatic carbocycles. The van der Waals surface area contributed by atoms with E-state index in [1.807, 2.05) is 43.4 Å². The zero-order valence-electron chi connectivity index (χ0n) is 13.7. The molecule has 1 aliphatic heterocycles. The molecule has 3 atom stereocenters. The van der Waals surface area contributed by atoms with Gasteiger partial charge in [-0.15, -0.1) is 0 Å². The average molecular weight is 313 g/mol. The van der Waals surface area contributed by atoms with Crippen molar-refractivity contribution in [3.05, 3.63) is 36.2 Å². The minimum atomic E-state index is 0.154. The van der Waals surface area contributed by atoms with E-state index in [9.17, 15) is 4.79 Å². The fourth-order valence-corrected chi connectivity index (χ4v) is 3.86. The third-order valence-electron chi connectivity index (χ3n) is 5.22. The lowest BCUT2D eigenvalue weighted by Crippen LogP contribution is -2.41. The Kier molecular flexibility index (Phi) is 3.47. The highest BCUT2D eigenvalue weighted by Gasteiger charge is 2.46. The third kappa shape index (κ3) is 2.66. The molecule has 0 radical (unpaired) electrons. The molecule has 122 valence electrons. The summed E-state index contributed by atoms with van der Waals surface area (Å²) in [6.07, 6.45) is 11.0. The van der Waals surface area contributed by atoms with Crippen LogP contribution in [-0.2, 0) is 11.8 Å². The van der Waals surface area contributed by atoms with Crippen molar-refractivity contribution in [2.45, 2.75) is 38.1 Å². The van der Waals surface area contributed by atoms with Crippen molar-refractivity contribution >= 4 is 5.91 Å². The van der Waals surface area contributed by atoms with Crippen LogP contribution >= 0.6 is 0 Å². The summed E-state index contributed by atoms with van der Waals surface area (Å²) in [6.45, 7) is 3.73. The van der Waals surface area contributed by atoms with E-state index in [0.29, 0.717) is 17.9 Å². The van der Waals surface area contributed by atoms with E-state index in [1.54, 1.807) is 0 Å². The van der Waals surface area contributed by atoms with Gasteiger partial charge in [0.25, 0.3) is 0 Å². The maximum absolute atomic E-state index is 12.8. The molecule has 6 heteroatoms. The van der Waals surface area contributed by atoms with Crippen LogP contribution in [-0.4, -0.2) is 43.2 Å². The summed E-state index contributed by atoms with van der Waals surface area (Å²) >= 11 is 0. The maximum Gasteiger partial charge on any atom is 0.226 e. The first-order valence-electron chi connectivity index (χ1n) is 8.40. The van der Waals surface area contributed by atoms with Crippen LogP contribution in [0.2, 0.25) is 0 Å². The number of likely N-dealkylation sites (tertiary alicyclic amines) is 1. The number of rotatable bonds is 3. The Morgan fingerprint density at radius 1 is 1.39 bits per heavy atom. The van der Waals surface area contributed by atoms with Gasteiger partial charge in [0.15, 0.2) is 0 Å². The van der Waals surface area contributed by atoms with E-state index in [1.165, 1.54) is 5.56 Å². The van der Waals surface area contributed by atoms with Gasteiger partial charge in [0.2, 0.25) is 5.91 Å². The van der Waals surface area contributed by atoms with Gasteiger partial charge in [-0.3, -0.25) is 9.48 Å². The highest BCUT2D eigenvalue weighted by atomic mass is 16.2. The summed E-state index contributed by atoms with van der Waals surface area (Å²) in [4.78, 5) is 19.2. The summed E-state index contributed by atoms with van der Waals surface area (Å²) < 4.78 is 4.03. The molecule has 2 aromatic rings. The Hall–Kier alpha value is -2.11. The zero-order valence-corrected chi connectivity index (χ0v) is 13.7. The molecule has 2 aromatic heterocycles. The SMILES string of the molecule is Cc1nccn1[C@@H]1CCCN(C(=O)[C@H]2C[C@H]2c2cnn(C)c2)C1. The quantitative estimate of drug-likeness (QED) is 0.869. The normalized spacial score (nSPS) is 27.2. The Balaban J connectivity index is 1.42. The van der Waals surface area contributed by atoms with Gasteiger partial charge in [-0.2, -0.15) is 5.10 Å². The Morgan fingerprint density at radius 2 is 2.26 bits per heavy atom. The second-order valence-electron chi connectivity index (χ2n) is 6.86. The van der Waals surface area contributed by atoms with E-state index in [0.717, 1.165) is 38.2 Å². The molecule has 0 spiro atoms. The molecule has 0 N–H and O–H groups in total. The van der Waals surface area contributed by atoms with E-state index in [4.69, 9.17) is 0 Å². The number of hydrogen-bond acceptors (Lipinski definition) is 3. The number of imidazole rings is 1. The summed E-state index contributed by atoms with van der Waals surface area (Å²) in [5.41, 5.74) is 1.20. The molecule has 0 bridgehead atoms. The first kappa shape index (κ1) is 14.5. The van der Waals surface area contributed by atoms with Gasteiger partial charge in [0.1, 0.15) is 5.82 Å².